The first-order chi connectivity index (χ1) is 17.6. The fourth-order valence-electron chi connectivity index (χ4n) is 3.54. The maximum Gasteiger partial charge on any atom is 0.171 e. The van der Waals surface area contributed by atoms with E-state index in [0.717, 1.165) is 37.3 Å². The normalized spacial score (nSPS) is 11.4. The molecule has 4 rings (SSSR count). The van der Waals surface area contributed by atoms with E-state index >= 15 is 0 Å². The highest BCUT2D eigenvalue weighted by Gasteiger charge is 2.04. The molecule has 0 amide bonds. The van der Waals surface area contributed by atoms with Gasteiger partial charge in [0.2, 0.25) is 0 Å². The van der Waals surface area contributed by atoms with E-state index in [1.54, 1.807) is 48.5 Å². The summed E-state index contributed by atoms with van der Waals surface area (Å²) in [5.41, 5.74) is 3.00. The van der Waals surface area contributed by atoms with Crippen molar-refractivity contribution in [3.8, 4) is 11.5 Å². The van der Waals surface area contributed by atoms with Crippen LogP contribution in [0.3, 0.4) is 0 Å². The van der Waals surface area contributed by atoms with Gasteiger partial charge in [-0.25, -0.2) is 9.13 Å². The number of unbranched alkanes of at least 4 members (excludes halogenated alkanes) is 3. The van der Waals surface area contributed by atoms with Gasteiger partial charge >= 0.3 is 0 Å². The highest BCUT2D eigenvalue weighted by atomic mass is 16.3. The third kappa shape index (κ3) is 8.09. The number of rotatable bonds is 11. The Morgan fingerprint density at radius 3 is 1.06 bits per heavy atom. The van der Waals surface area contributed by atoms with Gasteiger partial charge in [-0.05, 0) is 61.4 Å². The minimum absolute atomic E-state index is 0.217. The minimum atomic E-state index is 0.217. The van der Waals surface area contributed by atoms with Crippen molar-refractivity contribution in [3.63, 3.8) is 0 Å². The lowest BCUT2D eigenvalue weighted by Crippen LogP contribution is -2.33. The maximum atomic E-state index is 9.32. The van der Waals surface area contributed by atoms with E-state index in [9.17, 15) is 10.2 Å². The first-order valence-corrected chi connectivity index (χ1v) is 12.0. The van der Waals surface area contributed by atoms with Gasteiger partial charge in [-0.2, -0.15) is 20.5 Å². The van der Waals surface area contributed by atoms with Crippen LogP contribution in [-0.2, 0) is 13.1 Å². The maximum absolute atomic E-state index is 9.32. The molecule has 2 aromatic carbocycles. The molecule has 0 unspecified atom stereocenters. The molecule has 2 aromatic heterocycles. The summed E-state index contributed by atoms with van der Waals surface area (Å²) in [6.45, 7) is 1.95. The summed E-state index contributed by atoms with van der Waals surface area (Å²) in [7, 11) is 0. The number of aromatic nitrogens is 2. The van der Waals surface area contributed by atoms with Crippen molar-refractivity contribution < 1.29 is 19.3 Å². The van der Waals surface area contributed by atoms with Crippen LogP contribution in [-0.4, -0.2) is 10.2 Å². The Balaban J connectivity index is 1.12. The largest absolute Gasteiger partial charge is 0.508 e. The average Bonchev–Trinajstić information content (AvgIpc) is 2.91. The molecule has 2 heterocycles. The fourth-order valence-corrected chi connectivity index (χ4v) is 3.54. The SMILES string of the molecule is Oc1ccc(N=Nc2cc[n+](CCCCCC[n+]3ccc(N=Nc4ccc(O)cc4)cc3)cc2)cc1. The standard InChI is InChI=1S/C28H28N6O2/c35-27-9-5-23(6-10-27)29-31-25-13-19-33(20-14-25)17-3-1-2-4-18-34-21-15-26(16-22-34)32-30-24-7-11-28(36)12-8-24/h5-16,19-22H,1-4,17-18H2/p+2. The van der Waals surface area contributed by atoms with E-state index in [1.165, 1.54) is 12.8 Å². The van der Waals surface area contributed by atoms with Gasteiger partial charge in [-0.3, -0.25) is 0 Å². The predicted molar refractivity (Wildman–Crippen MR) is 136 cm³/mol. The van der Waals surface area contributed by atoms with Crippen molar-refractivity contribution >= 4 is 22.7 Å². The zero-order valence-corrected chi connectivity index (χ0v) is 20.1. The van der Waals surface area contributed by atoms with Gasteiger partial charge < -0.3 is 10.2 Å². The number of phenols is 2. The molecule has 0 aliphatic heterocycles. The van der Waals surface area contributed by atoms with Crippen LogP contribution in [0.15, 0.2) is 118 Å². The first-order valence-electron chi connectivity index (χ1n) is 12.0. The summed E-state index contributed by atoms with van der Waals surface area (Å²) in [4.78, 5) is 0. The molecule has 0 bridgehead atoms. The van der Waals surface area contributed by atoms with E-state index in [1.807, 2.05) is 49.1 Å². The monoisotopic (exact) mass is 482 g/mol. The molecule has 0 radical (unpaired) electrons. The third-order valence-electron chi connectivity index (χ3n) is 5.59. The Kier molecular flexibility index (Phi) is 8.80. The van der Waals surface area contributed by atoms with Gasteiger partial charge in [0.25, 0.3) is 0 Å². The highest BCUT2D eigenvalue weighted by Crippen LogP contribution is 2.21. The zero-order valence-electron chi connectivity index (χ0n) is 20.1. The molecule has 0 aliphatic carbocycles. The van der Waals surface area contributed by atoms with Crippen molar-refractivity contribution in [2.24, 2.45) is 20.5 Å². The summed E-state index contributed by atoms with van der Waals surface area (Å²) in [5.74, 6) is 0.434. The minimum Gasteiger partial charge on any atom is -0.508 e. The topological polar surface area (TPSA) is 97.7 Å². The molecular formula is C28H30N6O2+2. The second-order valence-electron chi connectivity index (χ2n) is 8.44. The van der Waals surface area contributed by atoms with E-state index in [-0.39, 0.29) is 11.5 Å². The fraction of sp³-hybridized carbons (Fsp3) is 0.214. The zero-order chi connectivity index (χ0) is 25.0. The van der Waals surface area contributed by atoms with E-state index < -0.39 is 0 Å². The molecule has 0 spiro atoms. The van der Waals surface area contributed by atoms with Gasteiger partial charge in [0.1, 0.15) is 24.6 Å². The molecule has 182 valence electrons. The van der Waals surface area contributed by atoms with E-state index in [2.05, 4.69) is 29.6 Å². The molecular weight excluding hydrogens is 452 g/mol. The predicted octanol–water partition coefficient (Wildman–Crippen LogP) is 6.76. The Bertz CT molecular complexity index is 1170. The molecule has 8 nitrogen and oxygen atoms in total. The number of aromatic hydroxyl groups is 2. The van der Waals surface area contributed by atoms with Gasteiger partial charge in [0.15, 0.2) is 24.8 Å². The summed E-state index contributed by atoms with van der Waals surface area (Å²) < 4.78 is 4.33. The first kappa shape index (κ1) is 24.7. The number of hydrogen-bond donors (Lipinski definition) is 2. The number of azo groups is 2. The molecule has 0 aliphatic rings. The molecule has 8 heteroatoms. The highest BCUT2D eigenvalue weighted by molar-refractivity contribution is 5.42. The molecule has 0 fully saturated rings. The van der Waals surface area contributed by atoms with Crippen molar-refractivity contribution in [1.82, 2.24) is 0 Å². The van der Waals surface area contributed by atoms with Crippen LogP contribution in [0.4, 0.5) is 22.7 Å². The van der Waals surface area contributed by atoms with Crippen LogP contribution in [0, 0.1) is 0 Å². The number of phenolic OH excluding ortho intramolecular Hbond substituents is 2. The van der Waals surface area contributed by atoms with E-state index in [0.29, 0.717) is 11.4 Å². The van der Waals surface area contributed by atoms with Gasteiger partial charge in [0.05, 0.1) is 22.7 Å². The second-order valence-corrected chi connectivity index (χ2v) is 8.44. The lowest BCUT2D eigenvalue weighted by molar-refractivity contribution is -0.698. The number of hydrogen-bond acceptors (Lipinski definition) is 6. The lowest BCUT2D eigenvalue weighted by atomic mass is 10.2. The molecule has 2 N–H and O–H groups in total. The number of aryl methyl sites for hydroxylation is 2. The van der Waals surface area contributed by atoms with Crippen LogP contribution in [0.5, 0.6) is 11.5 Å². The number of benzene rings is 2. The van der Waals surface area contributed by atoms with Gasteiger partial charge in [-0.15, -0.1) is 0 Å². The Morgan fingerprint density at radius 2 is 0.722 bits per heavy atom. The summed E-state index contributed by atoms with van der Waals surface area (Å²) in [6.07, 6.45) is 12.7. The number of pyridine rings is 2. The van der Waals surface area contributed by atoms with Crippen LogP contribution in [0.25, 0.3) is 0 Å². The van der Waals surface area contributed by atoms with Crippen molar-refractivity contribution in [3.05, 3.63) is 97.6 Å². The summed E-state index contributed by atoms with van der Waals surface area (Å²) in [6, 6.07) is 21.1. The number of nitrogens with zero attached hydrogens (tertiary/aromatic N) is 6. The molecule has 0 saturated heterocycles. The van der Waals surface area contributed by atoms with Crippen LogP contribution < -0.4 is 9.13 Å². The van der Waals surface area contributed by atoms with Crippen LogP contribution in [0.2, 0.25) is 0 Å². The summed E-state index contributed by atoms with van der Waals surface area (Å²) >= 11 is 0. The molecule has 0 saturated carbocycles. The van der Waals surface area contributed by atoms with Crippen LogP contribution >= 0.6 is 0 Å². The van der Waals surface area contributed by atoms with E-state index in [4.69, 9.17) is 0 Å². The van der Waals surface area contributed by atoms with Crippen molar-refractivity contribution in [1.29, 1.82) is 0 Å². The molecule has 4 aromatic rings. The Morgan fingerprint density at radius 1 is 0.417 bits per heavy atom. The Labute approximate surface area is 210 Å². The average molecular weight is 483 g/mol. The van der Waals surface area contributed by atoms with Crippen molar-refractivity contribution in [2.75, 3.05) is 0 Å². The quantitative estimate of drug-likeness (QED) is 0.140. The van der Waals surface area contributed by atoms with Gasteiger partial charge in [0, 0.05) is 37.1 Å². The smallest absolute Gasteiger partial charge is 0.171 e. The van der Waals surface area contributed by atoms with Crippen molar-refractivity contribution in [2.45, 2.75) is 38.8 Å². The second kappa shape index (κ2) is 12.9. The molecule has 0 atom stereocenters. The molecule has 36 heavy (non-hydrogen) atoms. The Hall–Kier alpha value is -4.46. The van der Waals surface area contributed by atoms with Crippen LogP contribution in [0.1, 0.15) is 25.7 Å². The summed E-state index contributed by atoms with van der Waals surface area (Å²) in [5, 5.41) is 35.5. The van der Waals surface area contributed by atoms with Gasteiger partial charge in [-0.1, -0.05) is 0 Å². The third-order valence-corrected chi connectivity index (χ3v) is 5.59. The lowest BCUT2D eigenvalue weighted by Gasteiger charge is -2.00.